The van der Waals surface area contributed by atoms with E-state index in [1.54, 1.807) is 32.2 Å². The predicted octanol–water partition coefficient (Wildman–Crippen LogP) is 1.26. The molecule has 0 spiro atoms. The molecule has 1 amide bonds. The normalized spacial score (nSPS) is 17.6. The predicted molar refractivity (Wildman–Crippen MR) is 78.7 cm³/mol. The fraction of sp³-hybridized carbons (Fsp3) is 0.467. The summed E-state index contributed by atoms with van der Waals surface area (Å²) in [7, 11) is 1.55. The van der Waals surface area contributed by atoms with Crippen molar-refractivity contribution in [3.63, 3.8) is 0 Å². The first kappa shape index (κ1) is 16.1. The number of hydrogen-bond donors (Lipinski definition) is 1. The number of ether oxygens (including phenoxy) is 2. The lowest BCUT2D eigenvalue weighted by Gasteiger charge is -2.22. The highest BCUT2D eigenvalue weighted by atomic mass is 16.7. The van der Waals surface area contributed by atoms with Crippen LogP contribution < -0.4 is 10.5 Å². The molecule has 1 aliphatic rings. The summed E-state index contributed by atoms with van der Waals surface area (Å²) in [5.41, 5.74) is 7.11. The first-order chi connectivity index (χ1) is 10.6. The van der Waals surface area contributed by atoms with E-state index in [2.05, 4.69) is 0 Å². The Balaban J connectivity index is 2.02. The van der Waals surface area contributed by atoms with Gasteiger partial charge in [-0.2, -0.15) is 0 Å². The zero-order chi connectivity index (χ0) is 16.1. The highest BCUT2D eigenvalue weighted by Gasteiger charge is 2.38. The number of anilines is 1. The molecule has 0 bridgehead atoms. The number of nitrogens with two attached hydrogens (primary N) is 1. The highest BCUT2D eigenvalue weighted by Crippen LogP contribution is 2.24. The number of methoxy groups -OCH3 is 1. The lowest BCUT2D eigenvalue weighted by atomic mass is 10.2. The minimum Gasteiger partial charge on any atom is -0.497 e. The van der Waals surface area contributed by atoms with Crippen LogP contribution in [-0.2, 0) is 25.8 Å². The minimum absolute atomic E-state index is 0.0947. The Labute approximate surface area is 128 Å². The van der Waals surface area contributed by atoms with Crippen LogP contribution in [0.5, 0.6) is 5.75 Å². The van der Waals surface area contributed by atoms with Crippen molar-refractivity contribution in [1.29, 1.82) is 0 Å². The number of esters is 1. The van der Waals surface area contributed by atoms with Gasteiger partial charge in [0, 0.05) is 23.7 Å². The molecule has 0 aliphatic carbocycles. The van der Waals surface area contributed by atoms with Crippen molar-refractivity contribution in [2.24, 2.45) is 0 Å². The molecule has 1 fully saturated rings. The summed E-state index contributed by atoms with van der Waals surface area (Å²) in [5, 5.41) is 1.10. The Morgan fingerprint density at radius 1 is 1.45 bits per heavy atom. The van der Waals surface area contributed by atoms with Crippen LogP contribution in [0.2, 0.25) is 0 Å². The summed E-state index contributed by atoms with van der Waals surface area (Å²) in [6.45, 7) is 2.08. The monoisotopic (exact) mass is 308 g/mol. The maximum atomic E-state index is 11.8. The Morgan fingerprint density at radius 2 is 2.23 bits per heavy atom. The molecular formula is C15H20N2O5. The molecule has 1 unspecified atom stereocenters. The second-order valence-electron chi connectivity index (χ2n) is 4.86. The third kappa shape index (κ3) is 3.48. The van der Waals surface area contributed by atoms with Gasteiger partial charge in [0.15, 0.2) is 6.04 Å². The summed E-state index contributed by atoms with van der Waals surface area (Å²) in [6, 6.07) is 4.50. The second kappa shape index (κ2) is 7.13. The number of nitrogens with zero attached hydrogens (tertiary/aromatic N) is 1. The van der Waals surface area contributed by atoms with Crippen molar-refractivity contribution >= 4 is 17.6 Å². The molecule has 1 heterocycles. The van der Waals surface area contributed by atoms with Gasteiger partial charge in [-0.05, 0) is 19.4 Å². The van der Waals surface area contributed by atoms with Gasteiger partial charge in [0.1, 0.15) is 12.4 Å². The second-order valence-corrected chi connectivity index (χ2v) is 4.86. The standard InChI is InChI=1S/C15H20N2O5/c1-3-21-15(19)13-6-7-14(18)17(13)22-9-10-4-5-11(20-2)8-12(10)16/h4-5,8,13H,3,6-7,9,16H2,1-2H3. The average molecular weight is 308 g/mol. The topological polar surface area (TPSA) is 91.1 Å². The average Bonchev–Trinajstić information content (AvgIpc) is 2.87. The number of amides is 1. The van der Waals surface area contributed by atoms with Crippen molar-refractivity contribution in [1.82, 2.24) is 5.06 Å². The summed E-state index contributed by atoms with van der Waals surface area (Å²) in [4.78, 5) is 29.2. The van der Waals surface area contributed by atoms with E-state index in [-0.39, 0.29) is 25.5 Å². The van der Waals surface area contributed by atoms with Crippen molar-refractivity contribution in [3.8, 4) is 5.75 Å². The smallest absolute Gasteiger partial charge is 0.331 e. The summed E-state index contributed by atoms with van der Waals surface area (Å²) in [5.74, 6) is -0.0379. The first-order valence-corrected chi connectivity index (χ1v) is 7.10. The Kier molecular flexibility index (Phi) is 5.21. The zero-order valence-corrected chi connectivity index (χ0v) is 12.7. The Hall–Kier alpha value is -2.28. The van der Waals surface area contributed by atoms with E-state index in [9.17, 15) is 9.59 Å². The Morgan fingerprint density at radius 3 is 2.86 bits per heavy atom. The molecule has 1 aromatic carbocycles. The summed E-state index contributed by atoms with van der Waals surface area (Å²) < 4.78 is 10.0. The van der Waals surface area contributed by atoms with Crippen molar-refractivity contribution in [3.05, 3.63) is 23.8 Å². The number of hydrogen-bond acceptors (Lipinski definition) is 6. The van der Waals surface area contributed by atoms with E-state index in [0.717, 1.165) is 5.06 Å². The van der Waals surface area contributed by atoms with Crippen LogP contribution >= 0.6 is 0 Å². The van der Waals surface area contributed by atoms with Crippen molar-refractivity contribution in [2.45, 2.75) is 32.4 Å². The van der Waals surface area contributed by atoms with E-state index < -0.39 is 12.0 Å². The van der Waals surface area contributed by atoms with Gasteiger partial charge < -0.3 is 15.2 Å². The molecule has 120 valence electrons. The van der Waals surface area contributed by atoms with Gasteiger partial charge in [-0.3, -0.25) is 9.63 Å². The number of carbonyl (C=O) groups excluding carboxylic acids is 2. The van der Waals surface area contributed by atoms with E-state index in [1.165, 1.54) is 0 Å². The van der Waals surface area contributed by atoms with Crippen LogP contribution in [0.25, 0.3) is 0 Å². The maximum absolute atomic E-state index is 11.8. The highest BCUT2D eigenvalue weighted by molar-refractivity contribution is 5.87. The van der Waals surface area contributed by atoms with Crippen molar-refractivity contribution in [2.75, 3.05) is 19.5 Å². The number of carbonyl (C=O) groups is 2. The van der Waals surface area contributed by atoms with Gasteiger partial charge in [0.25, 0.3) is 0 Å². The number of hydroxylamine groups is 2. The minimum atomic E-state index is -0.688. The van der Waals surface area contributed by atoms with Crippen LogP contribution in [0.15, 0.2) is 18.2 Å². The molecule has 0 radical (unpaired) electrons. The zero-order valence-electron chi connectivity index (χ0n) is 12.7. The van der Waals surface area contributed by atoms with Crippen molar-refractivity contribution < 1.29 is 23.9 Å². The number of rotatable bonds is 6. The molecule has 7 nitrogen and oxygen atoms in total. The lowest BCUT2D eigenvalue weighted by Crippen LogP contribution is -2.39. The molecule has 0 aromatic heterocycles. The van der Waals surface area contributed by atoms with Crippen LogP contribution in [0.3, 0.4) is 0 Å². The molecule has 1 aliphatic heterocycles. The largest absolute Gasteiger partial charge is 0.497 e. The third-order valence-corrected chi connectivity index (χ3v) is 3.43. The molecule has 1 saturated heterocycles. The quantitative estimate of drug-likeness (QED) is 0.628. The lowest BCUT2D eigenvalue weighted by molar-refractivity contribution is -0.203. The molecule has 1 atom stereocenters. The van der Waals surface area contributed by atoms with Gasteiger partial charge in [0.2, 0.25) is 5.91 Å². The van der Waals surface area contributed by atoms with Crippen LogP contribution in [0.1, 0.15) is 25.3 Å². The molecule has 0 saturated carbocycles. The van der Waals surface area contributed by atoms with E-state index in [1.807, 2.05) is 0 Å². The molecule has 2 rings (SSSR count). The van der Waals surface area contributed by atoms with Gasteiger partial charge in [-0.1, -0.05) is 6.07 Å². The molecule has 22 heavy (non-hydrogen) atoms. The fourth-order valence-electron chi connectivity index (χ4n) is 2.25. The van der Waals surface area contributed by atoms with E-state index in [4.69, 9.17) is 20.0 Å². The molecule has 2 N–H and O–H groups in total. The molecule has 7 heteroatoms. The van der Waals surface area contributed by atoms with Gasteiger partial charge >= 0.3 is 5.97 Å². The van der Waals surface area contributed by atoms with Gasteiger partial charge in [-0.15, -0.1) is 0 Å². The van der Waals surface area contributed by atoms with Crippen LogP contribution in [0.4, 0.5) is 5.69 Å². The number of benzene rings is 1. The van der Waals surface area contributed by atoms with Crippen LogP contribution in [0, 0.1) is 0 Å². The summed E-state index contributed by atoms with van der Waals surface area (Å²) >= 11 is 0. The van der Waals surface area contributed by atoms with Crippen LogP contribution in [-0.4, -0.2) is 36.7 Å². The summed E-state index contributed by atoms with van der Waals surface area (Å²) in [6.07, 6.45) is 0.664. The maximum Gasteiger partial charge on any atom is 0.331 e. The number of nitrogen functional groups attached to an aromatic ring is 1. The third-order valence-electron chi connectivity index (χ3n) is 3.43. The fourth-order valence-corrected chi connectivity index (χ4v) is 2.25. The van der Waals surface area contributed by atoms with E-state index in [0.29, 0.717) is 23.4 Å². The Bertz CT molecular complexity index is 561. The van der Waals surface area contributed by atoms with Gasteiger partial charge in [-0.25, -0.2) is 9.86 Å². The first-order valence-electron chi connectivity index (χ1n) is 7.10. The van der Waals surface area contributed by atoms with E-state index >= 15 is 0 Å². The molecular weight excluding hydrogens is 288 g/mol. The van der Waals surface area contributed by atoms with Gasteiger partial charge in [0.05, 0.1) is 13.7 Å². The molecule has 1 aromatic rings. The SMILES string of the molecule is CCOC(=O)C1CCC(=O)N1OCc1ccc(OC)cc1N.